The molecule has 0 saturated heterocycles. The van der Waals surface area contributed by atoms with Gasteiger partial charge in [0.1, 0.15) is 11.8 Å². The van der Waals surface area contributed by atoms with E-state index in [0.717, 1.165) is 44.8 Å². The van der Waals surface area contributed by atoms with E-state index in [2.05, 4.69) is 42.6 Å². The third-order valence-electron chi connectivity index (χ3n) is 6.12. The lowest BCUT2D eigenvalue weighted by atomic mass is 9.84. The van der Waals surface area contributed by atoms with Gasteiger partial charge < -0.3 is 10.1 Å². The van der Waals surface area contributed by atoms with Crippen LogP contribution in [0, 0.1) is 6.92 Å². The van der Waals surface area contributed by atoms with Gasteiger partial charge in [-0.05, 0) is 36.9 Å². The predicted octanol–water partition coefficient (Wildman–Crippen LogP) is 6.52. The molecule has 2 aliphatic heterocycles. The average molecular weight is 473 g/mol. The summed E-state index contributed by atoms with van der Waals surface area (Å²) in [7, 11) is 0. The SMILES string of the molecule is CSc1nc2n(n1)[C@H](c1ccc(C)cc1)C1=C(N2)c2ccccc2O[C@@H]1c1ccccc1Cl. The van der Waals surface area contributed by atoms with Crippen molar-refractivity contribution in [1.82, 2.24) is 14.8 Å². The second-order valence-electron chi connectivity index (χ2n) is 8.15. The fourth-order valence-electron chi connectivity index (χ4n) is 4.56. The highest BCUT2D eigenvalue weighted by Gasteiger charge is 2.41. The highest BCUT2D eigenvalue weighted by Crippen LogP contribution is 2.51. The summed E-state index contributed by atoms with van der Waals surface area (Å²) in [5.41, 5.74) is 6.32. The first-order chi connectivity index (χ1) is 16.1. The van der Waals surface area contributed by atoms with Crippen LogP contribution >= 0.6 is 23.4 Å². The van der Waals surface area contributed by atoms with Gasteiger partial charge in [-0.2, -0.15) is 4.98 Å². The van der Waals surface area contributed by atoms with E-state index >= 15 is 0 Å². The minimum atomic E-state index is -0.377. The van der Waals surface area contributed by atoms with E-state index in [1.807, 2.05) is 53.4 Å². The van der Waals surface area contributed by atoms with Crippen molar-refractivity contribution in [1.29, 1.82) is 0 Å². The van der Waals surface area contributed by atoms with Gasteiger partial charge in [-0.25, -0.2) is 4.68 Å². The summed E-state index contributed by atoms with van der Waals surface area (Å²) in [6.07, 6.45) is 1.61. The maximum absolute atomic E-state index is 6.70. The number of para-hydroxylation sites is 1. The molecular formula is C26H21ClN4OS. The highest BCUT2D eigenvalue weighted by atomic mass is 35.5. The largest absolute Gasteiger partial charge is 0.480 e. The average Bonchev–Trinajstić information content (AvgIpc) is 3.26. The predicted molar refractivity (Wildman–Crippen MR) is 133 cm³/mol. The molecule has 3 aromatic carbocycles. The summed E-state index contributed by atoms with van der Waals surface area (Å²) in [5, 5.41) is 9.80. The van der Waals surface area contributed by atoms with Crippen LogP contribution in [-0.2, 0) is 0 Å². The van der Waals surface area contributed by atoms with Gasteiger partial charge in [0.15, 0.2) is 6.10 Å². The molecule has 0 aliphatic carbocycles. The standard InChI is InChI=1S/C26H21ClN4OS/c1-15-11-13-16(14-12-15)23-21-22(28-25-29-26(33-2)30-31(23)25)18-8-4-6-10-20(18)32-24(21)17-7-3-5-9-19(17)27/h3-14,23-24H,1-2H3,(H,28,29,30)/t23-,24-/m1/s1. The van der Waals surface area contributed by atoms with Crippen LogP contribution in [0.1, 0.15) is 34.4 Å². The molecule has 0 radical (unpaired) electrons. The summed E-state index contributed by atoms with van der Waals surface area (Å²) in [5.74, 6) is 1.53. The van der Waals surface area contributed by atoms with Gasteiger partial charge in [-0.3, -0.25) is 0 Å². The third kappa shape index (κ3) is 3.33. The van der Waals surface area contributed by atoms with Crippen molar-refractivity contribution in [2.24, 2.45) is 0 Å². The maximum atomic E-state index is 6.70. The number of aromatic nitrogens is 3. The van der Waals surface area contributed by atoms with E-state index in [1.165, 1.54) is 17.3 Å². The number of hydrogen-bond donors (Lipinski definition) is 1. The first-order valence-corrected chi connectivity index (χ1v) is 12.3. The first kappa shape index (κ1) is 20.4. The van der Waals surface area contributed by atoms with Gasteiger partial charge in [0.05, 0.1) is 5.70 Å². The van der Waals surface area contributed by atoms with Crippen molar-refractivity contribution in [3.8, 4) is 5.75 Å². The summed E-state index contributed by atoms with van der Waals surface area (Å²) >= 11 is 8.22. The lowest BCUT2D eigenvalue weighted by Crippen LogP contribution is -2.32. The van der Waals surface area contributed by atoms with Crippen molar-refractivity contribution in [3.05, 3.63) is 106 Å². The van der Waals surface area contributed by atoms with Crippen molar-refractivity contribution < 1.29 is 4.74 Å². The molecule has 2 atom stereocenters. The number of halogens is 1. The number of ether oxygens (including phenoxy) is 1. The zero-order chi connectivity index (χ0) is 22.5. The van der Waals surface area contributed by atoms with Crippen molar-refractivity contribution in [2.45, 2.75) is 24.2 Å². The molecule has 4 aromatic rings. The van der Waals surface area contributed by atoms with Gasteiger partial charge in [-0.1, -0.05) is 83.5 Å². The van der Waals surface area contributed by atoms with E-state index in [1.54, 1.807) is 0 Å². The molecule has 0 fully saturated rings. The number of benzene rings is 3. The number of fused-ring (bicyclic) bond motifs is 3. The Morgan fingerprint density at radius 3 is 2.55 bits per heavy atom. The van der Waals surface area contributed by atoms with Crippen molar-refractivity contribution >= 4 is 35.0 Å². The fourth-order valence-corrected chi connectivity index (χ4v) is 5.14. The van der Waals surface area contributed by atoms with Crippen LogP contribution in [-0.4, -0.2) is 21.0 Å². The minimum absolute atomic E-state index is 0.195. The molecule has 164 valence electrons. The van der Waals surface area contributed by atoms with Gasteiger partial charge >= 0.3 is 0 Å². The van der Waals surface area contributed by atoms with Crippen LogP contribution in [0.4, 0.5) is 5.95 Å². The fraction of sp³-hybridized carbons (Fsp3) is 0.154. The molecule has 0 bridgehead atoms. The van der Waals surface area contributed by atoms with Crippen LogP contribution in [0.5, 0.6) is 5.75 Å². The molecule has 2 aliphatic rings. The van der Waals surface area contributed by atoms with Crippen molar-refractivity contribution in [2.75, 3.05) is 11.6 Å². The molecule has 1 aromatic heterocycles. The number of nitrogens with one attached hydrogen (secondary N) is 1. The Kier molecular flexibility index (Phi) is 4.93. The van der Waals surface area contributed by atoms with Crippen LogP contribution in [0.25, 0.3) is 5.70 Å². The quantitative estimate of drug-likeness (QED) is 0.344. The number of hydrogen-bond acceptors (Lipinski definition) is 5. The molecule has 0 unspecified atom stereocenters. The zero-order valence-electron chi connectivity index (χ0n) is 18.1. The van der Waals surface area contributed by atoms with Gasteiger partial charge in [0, 0.05) is 21.7 Å². The molecule has 6 rings (SSSR count). The molecular weight excluding hydrogens is 452 g/mol. The van der Waals surface area contributed by atoms with Gasteiger partial charge in [0.2, 0.25) is 11.1 Å². The van der Waals surface area contributed by atoms with Crippen LogP contribution in [0.15, 0.2) is 83.5 Å². The number of rotatable bonds is 3. The topological polar surface area (TPSA) is 52.0 Å². The molecule has 0 amide bonds. The van der Waals surface area contributed by atoms with Crippen LogP contribution in [0.3, 0.4) is 0 Å². The monoisotopic (exact) mass is 472 g/mol. The second-order valence-corrected chi connectivity index (χ2v) is 9.33. The maximum Gasteiger partial charge on any atom is 0.227 e. The summed E-state index contributed by atoms with van der Waals surface area (Å²) < 4.78 is 8.61. The Labute approximate surface area is 201 Å². The molecule has 0 spiro atoms. The Bertz CT molecular complexity index is 1400. The number of nitrogens with zero attached hydrogens (tertiary/aromatic N) is 3. The van der Waals surface area contributed by atoms with Gasteiger partial charge in [0.25, 0.3) is 0 Å². The Hall–Kier alpha value is -3.22. The number of anilines is 1. The van der Waals surface area contributed by atoms with E-state index in [0.29, 0.717) is 5.02 Å². The smallest absolute Gasteiger partial charge is 0.227 e. The zero-order valence-corrected chi connectivity index (χ0v) is 19.7. The van der Waals surface area contributed by atoms with Gasteiger partial charge in [-0.15, -0.1) is 5.10 Å². The van der Waals surface area contributed by atoms with Crippen LogP contribution < -0.4 is 10.1 Å². The minimum Gasteiger partial charge on any atom is -0.480 e. The molecule has 1 N–H and O–H groups in total. The lowest BCUT2D eigenvalue weighted by Gasteiger charge is -2.39. The molecule has 0 saturated carbocycles. The Balaban J connectivity index is 1.65. The van der Waals surface area contributed by atoms with E-state index in [-0.39, 0.29) is 12.1 Å². The molecule has 33 heavy (non-hydrogen) atoms. The first-order valence-electron chi connectivity index (χ1n) is 10.7. The molecule has 3 heterocycles. The lowest BCUT2D eigenvalue weighted by molar-refractivity contribution is 0.223. The Morgan fingerprint density at radius 1 is 1.00 bits per heavy atom. The summed E-state index contributed by atoms with van der Waals surface area (Å²) in [6, 6.07) is 24.3. The number of thioether (sulfide) groups is 1. The normalized spacial score (nSPS) is 18.6. The Morgan fingerprint density at radius 2 is 1.76 bits per heavy atom. The van der Waals surface area contributed by atoms with E-state index in [4.69, 9.17) is 26.4 Å². The third-order valence-corrected chi connectivity index (χ3v) is 7.01. The second kappa shape index (κ2) is 7.97. The summed E-state index contributed by atoms with van der Waals surface area (Å²) in [4.78, 5) is 4.74. The molecule has 5 nitrogen and oxygen atoms in total. The molecule has 7 heteroatoms. The van der Waals surface area contributed by atoms with E-state index in [9.17, 15) is 0 Å². The van der Waals surface area contributed by atoms with Crippen molar-refractivity contribution in [3.63, 3.8) is 0 Å². The highest BCUT2D eigenvalue weighted by molar-refractivity contribution is 7.98. The summed E-state index contributed by atoms with van der Waals surface area (Å²) in [6.45, 7) is 2.09. The van der Waals surface area contributed by atoms with E-state index < -0.39 is 0 Å². The number of aryl methyl sites for hydroxylation is 1. The van der Waals surface area contributed by atoms with Crippen LogP contribution in [0.2, 0.25) is 5.02 Å².